The van der Waals surface area contributed by atoms with Crippen LogP contribution in [0.5, 0.6) is 17.2 Å². The van der Waals surface area contributed by atoms with Gasteiger partial charge in [0.15, 0.2) is 11.5 Å². The topological polar surface area (TPSA) is 117 Å². The van der Waals surface area contributed by atoms with Crippen LogP contribution in [0, 0.1) is 0 Å². The summed E-state index contributed by atoms with van der Waals surface area (Å²) in [6.45, 7) is 2.48. The molecule has 1 aromatic carbocycles. The molecule has 1 N–H and O–H groups in total. The van der Waals surface area contributed by atoms with E-state index in [1.54, 1.807) is 0 Å². The quantitative estimate of drug-likeness (QED) is 0.508. The van der Waals surface area contributed by atoms with Gasteiger partial charge in [-0.2, -0.15) is 0 Å². The summed E-state index contributed by atoms with van der Waals surface area (Å²) >= 11 is 0.808. The predicted molar refractivity (Wildman–Crippen MR) is 97.3 cm³/mol. The molecule has 0 saturated carbocycles. The van der Waals surface area contributed by atoms with Crippen molar-refractivity contribution in [2.24, 2.45) is 0 Å². The van der Waals surface area contributed by atoms with Crippen molar-refractivity contribution in [1.29, 1.82) is 0 Å². The zero-order valence-electron chi connectivity index (χ0n) is 15.6. The SMILES string of the molecule is COC(=O)C(CSC(=O)c1cc(OC)c(OC(C)=O)c(OC)c1)NC(C)=O. The van der Waals surface area contributed by atoms with E-state index in [0.29, 0.717) is 0 Å². The normalized spacial score (nSPS) is 11.1. The van der Waals surface area contributed by atoms with Gasteiger partial charge in [-0.3, -0.25) is 14.4 Å². The Morgan fingerprint density at radius 1 is 1.04 bits per heavy atom. The maximum atomic E-state index is 12.5. The zero-order chi connectivity index (χ0) is 20.6. The smallest absolute Gasteiger partial charge is 0.329 e. The summed E-state index contributed by atoms with van der Waals surface area (Å²) in [5.74, 6) is -1.35. The molecule has 148 valence electrons. The first-order valence-corrected chi connectivity index (χ1v) is 8.68. The van der Waals surface area contributed by atoms with Gasteiger partial charge >= 0.3 is 11.9 Å². The van der Waals surface area contributed by atoms with Crippen molar-refractivity contribution >= 4 is 34.7 Å². The molecule has 0 bridgehead atoms. The Morgan fingerprint density at radius 2 is 1.59 bits per heavy atom. The second-order valence-electron chi connectivity index (χ2n) is 5.18. The number of ether oxygens (including phenoxy) is 4. The van der Waals surface area contributed by atoms with E-state index in [1.165, 1.54) is 47.3 Å². The maximum absolute atomic E-state index is 12.5. The highest BCUT2D eigenvalue weighted by Crippen LogP contribution is 2.39. The molecule has 10 heteroatoms. The molecule has 27 heavy (non-hydrogen) atoms. The fraction of sp³-hybridized carbons (Fsp3) is 0.412. The number of rotatable bonds is 8. The molecule has 0 saturated heterocycles. The first-order valence-electron chi connectivity index (χ1n) is 7.69. The molecule has 1 rings (SSSR count). The van der Waals surface area contributed by atoms with E-state index in [2.05, 4.69) is 10.1 Å². The molecule has 1 aromatic rings. The number of carbonyl (C=O) groups is 4. The van der Waals surface area contributed by atoms with Gasteiger partial charge in [-0.05, 0) is 12.1 Å². The molecule has 0 fully saturated rings. The van der Waals surface area contributed by atoms with Gasteiger partial charge in [0.2, 0.25) is 16.8 Å². The number of hydrogen-bond donors (Lipinski definition) is 1. The Labute approximate surface area is 160 Å². The average Bonchev–Trinajstić information content (AvgIpc) is 2.63. The number of hydrogen-bond acceptors (Lipinski definition) is 9. The van der Waals surface area contributed by atoms with E-state index in [0.717, 1.165) is 11.8 Å². The van der Waals surface area contributed by atoms with Gasteiger partial charge in [0.1, 0.15) is 6.04 Å². The van der Waals surface area contributed by atoms with E-state index in [-0.39, 0.29) is 28.6 Å². The second-order valence-corrected chi connectivity index (χ2v) is 6.17. The van der Waals surface area contributed by atoms with Crippen LogP contribution in [0.2, 0.25) is 0 Å². The van der Waals surface area contributed by atoms with Gasteiger partial charge in [0.05, 0.1) is 21.3 Å². The van der Waals surface area contributed by atoms with E-state index < -0.39 is 29.0 Å². The van der Waals surface area contributed by atoms with Gasteiger partial charge in [-0.15, -0.1) is 0 Å². The minimum absolute atomic E-state index is 0.0264. The van der Waals surface area contributed by atoms with Crippen LogP contribution < -0.4 is 19.5 Å². The van der Waals surface area contributed by atoms with E-state index in [4.69, 9.17) is 14.2 Å². The van der Waals surface area contributed by atoms with Crippen molar-refractivity contribution in [1.82, 2.24) is 5.32 Å². The third kappa shape index (κ3) is 6.48. The molecule has 0 aliphatic rings. The van der Waals surface area contributed by atoms with Crippen LogP contribution in [0.4, 0.5) is 0 Å². The van der Waals surface area contributed by atoms with E-state index in [9.17, 15) is 19.2 Å². The summed E-state index contributed by atoms with van der Waals surface area (Å²) in [5, 5.41) is 2.02. The number of benzene rings is 1. The standard InChI is InChI=1S/C17H21NO8S/c1-9(19)18-12(16(21)25-5)8-27-17(22)11-6-13(23-3)15(26-10(2)20)14(7-11)24-4/h6-7,12H,8H2,1-5H3,(H,18,19). The molecule has 9 nitrogen and oxygen atoms in total. The molecule has 0 spiro atoms. The number of amides is 1. The molecule has 1 amide bonds. The van der Waals surface area contributed by atoms with Crippen molar-refractivity contribution in [3.8, 4) is 17.2 Å². The second kappa shape index (κ2) is 10.4. The lowest BCUT2D eigenvalue weighted by molar-refractivity contribution is -0.144. The monoisotopic (exact) mass is 399 g/mol. The highest BCUT2D eigenvalue weighted by Gasteiger charge is 2.24. The molecule has 1 atom stereocenters. The van der Waals surface area contributed by atoms with Crippen LogP contribution in [0.15, 0.2) is 12.1 Å². The lowest BCUT2D eigenvalue weighted by Crippen LogP contribution is -2.42. The summed E-state index contributed by atoms with van der Waals surface area (Å²) in [6, 6.07) is 1.81. The van der Waals surface area contributed by atoms with Gasteiger partial charge < -0.3 is 24.3 Å². The Bertz CT molecular complexity index is 709. The number of methoxy groups -OCH3 is 3. The fourth-order valence-electron chi connectivity index (χ4n) is 2.04. The van der Waals surface area contributed by atoms with Crippen molar-refractivity contribution < 1.29 is 38.1 Å². The van der Waals surface area contributed by atoms with Crippen LogP contribution >= 0.6 is 11.8 Å². The molecule has 0 radical (unpaired) electrons. The highest BCUT2D eigenvalue weighted by molar-refractivity contribution is 8.14. The van der Waals surface area contributed by atoms with E-state index in [1.807, 2.05) is 0 Å². The maximum Gasteiger partial charge on any atom is 0.329 e. The van der Waals surface area contributed by atoms with Gasteiger partial charge in [0, 0.05) is 25.2 Å². The molecule has 0 aliphatic heterocycles. The van der Waals surface area contributed by atoms with Crippen molar-refractivity contribution in [3.05, 3.63) is 17.7 Å². The van der Waals surface area contributed by atoms with Crippen molar-refractivity contribution in [3.63, 3.8) is 0 Å². The molecule has 0 aromatic heterocycles. The highest BCUT2D eigenvalue weighted by atomic mass is 32.2. The molecule has 1 unspecified atom stereocenters. The Kier molecular flexibility index (Phi) is 8.60. The fourth-order valence-corrected chi connectivity index (χ4v) is 2.86. The van der Waals surface area contributed by atoms with Gasteiger partial charge in [-0.25, -0.2) is 4.79 Å². The number of thioether (sulfide) groups is 1. The molecule has 0 heterocycles. The first-order chi connectivity index (χ1) is 12.7. The Hall–Kier alpha value is -2.75. The summed E-state index contributed by atoms with van der Waals surface area (Å²) < 4.78 is 20.0. The Balaban J connectivity index is 3.04. The summed E-state index contributed by atoms with van der Waals surface area (Å²) in [4.78, 5) is 46.6. The van der Waals surface area contributed by atoms with Crippen molar-refractivity contribution in [2.45, 2.75) is 19.9 Å². The predicted octanol–water partition coefficient (Wildman–Crippen LogP) is 1.18. The number of esters is 2. The number of nitrogens with one attached hydrogen (secondary N) is 1. The van der Waals surface area contributed by atoms with Crippen LogP contribution in [0.25, 0.3) is 0 Å². The molecular formula is C17H21NO8S. The van der Waals surface area contributed by atoms with Crippen molar-refractivity contribution in [2.75, 3.05) is 27.1 Å². The average molecular weight is 399 g/mol. The van der Waals surface area contributed by atoms with Gasteiger partial charge in [-0.1, -0.05) is 11.8 Å². The minimum Gasteiger partial charge on any atom is -0.493 e. The Morgan fingerprint density at radius 3 is 2.00 bits per heavy atom. The van der Waals surface area contributed by atoms with E-state index >= 15 is 0 Å². The minimum atomic E-state index is -0.967. The largest absolute Gasteiger partial charge is 0.493 e. The molecular weight excluding hydrogens is 378 g/mol. The summed E-state index contributed by atoms with van der Waals surface area (Å²) in [6.07, 6.45) is 0. The van der Waals surface area contributed by atoms with Gasteiger partial charge in [0.25, 0.3) is 0 Å². The lowest BCUT2D eigenvalue weighted by atomic mass is 10.2. The summed E-state index contributed by atoms with van der Waals surface area (Å²) in [5.41, 5.74) is 0.205. The van der Waals surface area contributed by atoms with Crippen LogP contribution in [-0.2, 0) is 19.1 Å². The third-order valence-electron chi connectivity index (χ3n) is 3.19. The number of carbonyl (C=O) groups excluding carboxylic acids is 4. The van der Waals surface area contributed by atoms with Crippen LogP contribution in [0.3, 0.4) is 0 Å². The third-order valence-corrected chi connectivity index (χ3v) is 4.18. The van der Waals surface area contributed by atoms with Crippen LogP contribution in [-0.4, -0.2) is 56.1 Å². The first kappa shape index (κ1) is 22.3. The summed E-state index contributed by atoms with van der Waals surface area (Å²) in [7, 11) is 3.90. The zero-order valence-corrected chi connectivity index (χ0v) is 16.4. The molecule has 0 aliphatic carbocycles. The lowest BCUT2D eigenvalue weighted by Gasteiger charge is -2.16. The van der Waals surface area contributed by atoms with Crippen LogP contribution in [0.1, 0.15) is 24.2 Å².